The predicted molar refractivity (Wildman–Crippen MR) is 52.9 cm³/mol. The number of nitrogens with one attached hydrogen (secondary N) is 1. The highest BCUT2D eigenvalue weighted by atomic mass is 32.2. The summed E-state index contributed by atoms with van der Waals surface area (Å²) in [6, 6.07) is 0. The first-order chi connectivity index (χ1) is 6.66. The third kappa shape index (κ3) is 9.05. The van der Waals surface area contributed by atoms with E-state index >= 15 is 0 Å². The first-order valence-electron chi connectivity index (χ1n) is 4.08. The van der Waals surface area contributed by atoms with Crippen LogP contribution < -0.4 is 5.32 Å². The minimum Gasteiger partial charge on any atom is -0.481 e. The zero-order valence-electron chi connectivity index (χ0n) is 7.62. The molecule has 0 spiro atoms. The zero-order chi connectivity index (χ0) is 10.8. The van der Waals surface area contributed by atoms with Crippen LogP contribution in [0.2, 0.25) is 0 Å². The largest absolute Gasteiger partial charge is 0.481 e. The molecule has 79 valence electrons. The van der Waals surface area contributed by atoms with Gasteiger partial charge in [0, 0.05) is 18.7 Å². The third-order valence-electron chi connectivity index (χ3n) is 1.30. The first kappa shape index (κ1) is 13.0. The fourth-order valence-electron chi connectivity index (χ4n) is 0.676. The van der Waals surface area contributed by atoms with Crippen LogP contribution >= 0.6 is 11.8 Å². The van der Waals surface area contributed by atoms with E-state index in [1.165, 1.54) is 11.8 Å². The summed E-state index contributed by atoms with van der Waals surface area (Å²) < 4.78 is 0. The summed E-state index contributed by atoms with van der Waals surface area (Å²) in [6.07, 6.45) is 1.93. The monoisotopic (exact) mass is 218 g/mol. The molecular formula is C8H12NO4S. The Morgan fingerprint density at radius 2 is 2.07 bits per heavy atom. The van der Waals surface area contributed by atoms with E-state index in [9.17, 15) is 14.4 Å². The van der Waals surface area contributed by atoms with Gasteiger partial charge < -0.3 is 10.4 Å². The number of hydrogen-bond donors (Lipinski definition) is 2. The fraction of sp³-hybridized carbons (Fsp3) is 0.625. The minimum absolute atomic E-state index is 0.0685. The average Bonchev–Trinajstić information content (AvgIpc) is 2.12. The molecule has 0 rings (SSSR count). The molecule has 0 atom stereocenters. The topological polar surface area (TPSA) is 83.5 Å². The Hall–Kier alpha value is -1.04. The normalized spacial score (nSPS) is 9.43. The van der Waals surface area contributed by atoms with Crippen LogP contribution in [0.3, 0.4) is 0 Å². The van der Waals surface area contributed by atoms with Crippen LogP contribution in [0.1, 0.15) is 12.8 Å². The Bertz CT molecular complexity index is 208. The molecule has 0 unspecified atom stereocenters. The Morgan fingerprint density at radius 1 is 1.36 bits per heavy atom. The summed E-state index contributed by atoms with van der Waals surface area (Å²) >= 11 is 1.32. The maximum absolute atomic E-state index is 11.0. The van der Waals surface area contributed by atoms with E-state index in [1.54, 1.807) is 6.29 Å². The fourth-order valence-corrected chi connectivity index (χ4v) is 1.23. The molecule has 0 saturated carbocycles. The summed E-state index contributed by atoms with van der Waals surface area (Å²) in [7, 11) is 0. The van der Waals surface area contributed by atoms with E-state index in [2.05, 4.69) is 5.32 Å². The summed E-state index contributed by atoms with van der Waals surface area (Å²) in [6.45, 7) is 0.151. The van der Waals surface area contributed by atoms with E-state index < -0.39 is 5.97 Å². The van der Waals surface area contributed by atoms with Crippen LogP contribution in [0.4, 0.5) is 0 Å². The van der Waals surface area contributed by atoms with Gasteiger partial charge in [-0.05, 0) is 0 Å². The molecule has 5 nitrogen and oxygen atoms in total. The zero-order valence-corrected chi connectivity index (χ0v) is 8.43. The van der Waals surface area contributed by atoms with Gasteiger partial charge in [-0.1, -0.05) is 0 Å². The van der Waals surface area contributed by atoms with Gasteiger partial charge in [0.2, 0.25) is 12.2 Å². The molecule has 6 heteroatoms. The summed E-state index contributed by atoms with van der Waals surface area (Å²) in [5.74, 6) is -0.309. The van der Waals surface area contributed by atoms with Crippen LogP contribution in [-0.2, 0) is 14.4 Å². The van der Waals surface area contributed by atoms with E-state index in [-0.39, 0.29) is 24.6 Å². The predicted octanol–water partition coefficient (Wildman–Crippen LogP) is -0.190. The smallest absolute Gasteiger partial charge is 0.305 e. The standard InChI is InChI=1S/C8H12NO4S/c10-4-6-14-5-2-7(11)9-3-1-8(12)13/h1-3,5-6H2,(H,9,11)(H,12,13). The second kappa shape index (κ2) is 8.55. The first-order valence-corrected chi connectivity index (χ1v) is 5.23. The molecule has 0 aliphatic heterocycles. The lowest BCUT2D eigenvalue weighted by atomic mass is 10.4. The Balaban J connectivity index is 3.28. The van der Waals surface area contributed by atoms with Gasteiger partial charge in [0.05, 0.1) is 12.2 Å². The molecule has 0 bridgehead atoms. The third-order valence-corrected chi connectivity index (χ3v) is 2.11. The quantitative estimate of drug-likeness (QED) is 0.552. The lowest BCUT2D eigenvalue weighted by Crippen LogP contribution is -2.26. The van der Waals surface area contributed by atoms with Crippen LogP contribution in [0, 0.1) is 0 Å². The van der Waals surface area contributed by atoms with Crippen LogP contribution in [0.5, 0.6) is 0 Å². The molecule has 0 saturated heterocycles. The van der Waals surface area contributed by atoms with Gasteiger partial charge in [-0.3, -0.25) is 14.4 Å². The second-order valence-electron chi connectivity index (χ2n) is 2.44. The number of carbonyl (C=O) groups excluding carboxylic acids is 2. The number of carbonyl (C=O) groups is 2. The van der Waals surface area contributed by atoms with E-state index in [0.29, 0.717) is 12.2 Å². The van der Waals surface area contributed by atoms with Crippen molar-refractivity contribution in [2.75, 3.05) is 18.1 Å². The highest BCUT2D eigenvalue weighted by Gasteiger charge is 2.02. The van der Waals surface area contributed by atoms with Crippen molar-refractivity contribution in [3.8, 4) is 0 Å². The second-order valence-corrected chi connectivity index (χ2v) is 3.55. The van der Waals surface area contributed by atoms with Gasteiger partial charge in [0.15, 0.2) is 0 Å². The highest BCUT2D eigenvalue weighted by molar-refractivity contribution is 7.99. The van der Waals surface area contributed by atoms with Gasteiger partial charge in [-0.15, -0.1) is 0 Å². The summed E-state index contributed by atoms with van der Waals surface area (Å²) in [5.41, 5.74) is 0. The molecule has 0 heterocycles. The SMILES string of the molecule is O=[C]CSCCC(=O)NCCC(=O)O. The number of carboxylic acid groups (broad SMARTS) is 1. The number of hydrogen-bond acceptors (Lipinski definition) is 4. The van der Waals surface area contributed by atoms with Crippen molar-refractivity contribution >= 4 is 29.9 Å². The van der Waals surface area contributed by atoms with Crippen LogP contribution in [-0.4, -0.2) is 41.3 Å². The minimum atomic E-state index is -0.935. The molecule has 1 radical (unpaired) electrons. The summed E-state index contributed by atoms with van der Waals surface area (Å²) in [4.78, 5) is 30.8. The van der Waals surface area contributed by atoms with Crippen molar-refractivity contribution in [2.45, 2.75) is 12.8 Å². The Morgan fingerprint density at radius 3 is 2.64 bits per heavy atom. The number of amides is 1. The van der Waals surface area contributed by atoms with Crippen molar-refractivity contribution in [3.05, 3.63) is 0 Å². The molecule has 14 heavy (non-hydrogen) atoms. The van der Waals surface area contributed by atoms with Gasteiger partial charge in [0.25, 0.3) is 0 Å². The molecule has 0 fully saturated rings. The van der Waals surface area contributed by atoms with Gasteiger partial charge >= 0.3 is 5.97 Å². The van der Waals surface area contributed by atoms with Gasteiger partial charge in [0.1, 0.15) is 0 Å². The lowest BCUT2D eigenvalue weighted by molar-refractivity contribution is -0.136. The summed E-state index contributed by atoms with van der Waals surface area (Å²) in [5, 5.41) is 10.7. The molecule has 0 aliphatic rings. The molecule has 1 amide bonds. The van der Waals surface area contributed by atoms with Crippen molar-refractivity contribution in [2.24, 2.45) is 0 Å². The molecule has 0 aliphatic carbocycles. The van der Waals surface area contributed by atoms with E-state index in [1.807, 2.05) is 0 Å². The number of rotatable bonds is 8. The maximum atomic E-state index is 11.0. The molecule has 0 aromatic rings. The molecular weight excluding hydrogens is 206 g/mol. The van der Waals surface area contributed by atoms with Gasteiger partial charge in [-0.25, -0.2) is 0 Å². The Kier molecular flexibility index (Phi) is 7.92. The van der Waals surface area contributed by atoms with Crippen molar-refractivity contribution < 1.29 is 19.5 Å². The Labute approximate surface area is 86.2 Å². The van der Waals surface area contributed by atoms with E-state index in [0.717, 1.165) is 0 Å². The highest BCUT2D eigenvalue weighted by Crippen LogP contribution is 1.99. The molecule has 0 aromatic carbocycles. The average molecular weight is 218 g/mol. The maximum Gasteiger partial charge on any atom is 0.305 e. The number of thioether (sulfide) groups is 1. The lowest BCUT2D eigenvalue weighted by Gasteiger charge is -2.01. The van der Waals surface area contributed by atoms with Crippen molar-refractivity contribution in [3.63, 3.8) is 0 Å². The van der Waals surface area contributed by atoms with E-state index in [4.69, 9.17) is 5.11 Å². The number of aliphatic carboxylic acids is 1. The molecule has 0 aromatic heterocycles. The molecule has 2 N–H and O–H groups in total. The van der Waals surface area contributed by atoms with Crippen LogP contribution in [0.25, 0.3) is 0 Å². The number of carboxylic acids is 1. The van der Waals surface area contributed by atoms with Crippen LogP contribution in [0.15, 0.2) is 0 Å². The van der Waals surface area contributed by atoms with Crippen molar-refractivity contribution in [1.29, 1.82) is 0 Å². The van der Waals surface area contributed by atoms with Crippen molar-refractivity contribution in [1.82, 2.24) is 5.32 Å². The van der Waals surface area contributed by atoms with Gasteiger partial charge in [-0.2, -0.15) is 11.8 Å².